The molecule has 43 heavy (non-hydrogen) atoms. The Balaban J connectivity index is 1.16. The number of anilines is 1. The van der Waals surface area contributed by atoms with Gasteiger partial charge in [0.1, 0.15) is 6.17 Å². The molecule has 0 radical (unpaired) electrons. The van der Waals surface area contributed by atoms with Crippen LogP contribution in [0, 0.1) is 0 Å². The van der Waals surface area contributed by atoms with Crippen molar-refractivity contribution in [3.05, 3.63) is 162 Å². The van der Waals surface area contributed by atoms with Crippen LogP contribution >= 0.6 is 0 Å². The van der Waals surface area contributed by atoms with Gasteiger partial charge in [0.05, 0.1) is 33.5 Å². The Morgan fingerprint density at radius 2 is 1.40 bits per heavy atom. The second-order valence-corrected chi connectivity index (χ2v) is 11.1. The number of nitrogens with one attached hydrogen (secondary N) is 2. The van der Waals surface area contributed by atoms with Gasteiger partial charge in [-0.2, -0.15) is 0 Å². The van der Waals surface area contributed by atoms with Crippen LogP contribution in [0.2, 0.25) is 0 Å². The molecule has 2 unspecified atom stereocenters. The molecule has 206 valence electrons. The van der Waals surface area contributed by atoms with E-state index >= 15 is 0 Å². The zero-order valence-corrected chi connectivity index (χ0v) is 23.3. The summed E-state index contributed by atoms with van der Waals surface area (Å²) >= 11 is 0. The molecule has 4 heterocycles. The van der Waals surface area contributed by atoms with Gasteiger partial charge in [-0.25, -0.2) is 0 Å². The molecule has 6 aromatic rings. The fourth-order valence-corrected chi connectivity index (χ4v) is 6.67. The summed E-state index contributed by atoms with van der Waals surface area (Å²) in [5.74, 6) is 0.906. The average molecular weight is 557 g/mol. The van der Waals surface area contributed by atoms with Crippen LogP contribution in [-0.4, -0.2) is 15.6 Å². The third kappa shape index (κ3) is 3.71. The van der Waals surface area contributed by atoms with Gasteiger partial charge in [-0.05, 0) is 48.0 Å². The summed E-state index contributed by atoms with van der Waals surface area (Å²) in [7, 11) is 0. The number of ether oxygens (including phenoxy) is 1. The molecule has 2 atom stereocenters. The lowest BCUT2D eigenvalue weighted by Crippen LogP contribution is -2.32. The zero-order chi connectivity index (χ0) is 28.3. The third-order valence-electron chi connectivity index (χ3n) is 8.62. The Bertz CT molecular complexity index is 2110. The van der Waals surface area contributed by atoms with Gasteiger partial charge in [-0.3, -0.25) is 0 Å². The highest BCUT2D eigenvalue weighted by Crippen LogP contribution is 2.47. The number of benzene rings is 5. The van der Waals surface area contributed by atoms with Gasteiger partial charge in [-0.1, -0.05) is 97.1 Å². The molecule has 0 fully saturated rings. The van der Waals surface area contributed by atoms with Crippen molar-refractivity contribution in [1.29, 1.82) is 0 Å². The van der Waals surface area contributed by atoms with Crippen LogP contribution in [0.25, 0.3) is 38.9 Å². The van der Waals surface area contributed by atoms with Crippen LogP contribution in [0.5, 0.6) is 5.75 Å². The molecule has 1 aromatic heterocycles. The normalized spacial score (nSPS) is 18.5. The molecule has 5 nitrogen and oxygen atoms in total. The standard InChI is InChI=1S/C38H28N4O/c1-3-11-26(12-4-1)36-35(40-33-17-9-10-24-41(33)36)25-18-20-28(21-19-25)42-31-16-8-7-15-29(31)34-32(42)23-22-30-37(34)43-38(39-30)27-13-5-2-6-14-27/h1-24,33,38-40H. The van der Waals surface area contributed by atoms with Gasteiger partial charge in [0.15, 0.2) is 12.0 Å². The minimum absolute atomic E-state index is 0.0997. The molecule has 3 aliphatic rings. The van der Waals surface area contributed by atoms with Crippen LogP contribution in [0.15, 0.2) is 146 Å². The van der Waals surface area contributed by atoms with Crippen molar-refractivity contribution in [2.75, 3.05) is 5.32 Å². The predicted molar refractivity (Wildman–Crippen MR) is 175 cm³/mol. The first kappa shape index (κ1) is 24.0. The number of rotatable bonds is 4. The van der Waals surface area contributed by atoms with Gasteiger partial charge < -0.3 is 24.8 Å². The second-order valence-electron chi connectivity index (χ2n) is 11.1. The van der Waals surface area contributed by atoms with Crippen molar-refractivity contribution in [3.63, 3.8) is 0 Å². The van der Waals surface area contributed by atoms with E-state index in [2.05, 4.69) is 148 Å². The Hall–Kier alpha value is -5.68. The fourth-order valence-electron chi connectivity index (χ4n) is 6.67. The molecule has 0 spiro atoms. The van der Waals surface area contributed by atoms with Gasteiger partial charge in [-0.15, -0.1) is 0 Å². The Kier molecular flexibility index (Phi) is 5.26. The highest BCUT2D eigenvalue weighted by atomic mass is 16.5. The van der Waals surface area contributed by atoms with E-state index in [1.807, 2.05) is 18.2 Å². The molecule has 9 rings (SSSR count). The molecule has 0 saturated heterocycles. The maximum atomic E-state index is 6.60. The van der Waals surface area contributed by atoms with Crippen molar-refractivity contribution in [2.24, 2.45) is 0 Å². The van der Waals surface area contributed by atoms with E-state index in [9.17, 15) is 0 Å². The number of hydrogen-bond acceptors (Lipinski definition) is 4. The first-order chi connectivity index (χ1) is 21.3. The topological polar surface area (TPSA) is 41.5 Å². The number of nitrogens with zero attached hydrogens (tertiary/aromatic N) is 2. The zero-order valence-electron chi connectivity index (χ0n) is 23.3. The van der Waals surface area contributed by atoms with Crippen molar-refractivity contribution in [2.45, 2.75) is 12.4 Å². The SMILES string of the molecule is C1=CC2NC(c3ccc(-n4c5ccccc5c5c6c(ccc54)NC(c4ccccc4)O6)cc3)=C(c3ccccc3)N2C=C1. The highest BCUT2D eigenvalue weighted by molar-refractivity contribution is 6.14. The van der Waals surface area contributed by atoms with Crippen molar-refractivity contribution < 1.29 is 4.74 Å². The van der Waals surface area contributed by atoms with E-state index in [1.54, 1.807) is 0 Å². The van der Waals surface area contributed by atoms with E-state index in [-0.39, 0.29) is 12.4 Å². The van der Waals surface area contributed by atoms with Gasteiger partial charge in [0.2, 0.25) is 0 Å². The quantitative estimate of drug-likeness (QED) is 0.229. The summed E-state index contributed by atoms with van der Waals surface area (Å²) in [6.45, 7) is 0. The second kappa shape index (κ2) is 9.43. The number of fused-ring (bicyclic) bond motifs is 6. The summed E-state index contributed by atoms with van der Waals surface area (Å²) in [6, 6.07) is 42.8. The Morgan fingerprint density at radius 3 is 2.23 bits per heavy atom. The van der Waals surface area contributed by atoms with Crippen LogP contribution in [-0.2, 0) is 0 Å². The van der Waals surface area contributed by atoms with Crippen molar-refractivity contribution >= 4 is 38.9 Å². The largest absolute Gasteiger partial charge is 0.464 e. The van der Waals surface area contributed by atoms with Crippen molar-refractivity contribution in [1.82, 2.24) is 14.8 Å². The van der Waals surface area contributed by atoms with Crippen LogP contribution in [0.1, 0.15) is 22.9 Å². The summed E-state index contributed by atoms with van der Waals surface area (Å²) in [4.78, 5) is 2.31. The lowest BCUT2D eigenvalue weighted by molar-refractivity contribution is 0.263. The molecule has 0 saturated carbocycles. The first-order valence-corrected chi connectivity index (χ1v) is 14.7. The van der Waals surface area contributed by atoms with Crippen LogP contribution in [0.3, 0.4) is 0 Å². The van der Waals surface area contributed by atoms with Gasteiger partial charge >= 0.3 is 0 Å². The molecule has 5 heteroatoms. The fraction of sp³-hybridized carbons (Fsp3) is 0.0526. The third-order valence-corrected chi connectivity index (χ3v) is 8.62. The molecule has 5 aromatic carbocycles. The molecule has 0 bridgehead atoms. The molecular weight excluding hydrogens is 528 g/mol. The van der Waals surface area contributed by atoms with E-state index in [1.165, 1.54) is 16.6 Å². The van der Waals surface area contributed by atoms with E-state index in [4.69, 9.17) is 4.74 Å². The molecule has 0 aliphatic carbocycles. The monoisotopic (exact) mass is 556 g/mol. The van der Waals surface area contributed by atoms with Crippen molar-refractivity contribution in [3.8, 4) is 11.4 Å². The highest BCUT2D eigenvalue weighted by Gasteiger charge is 2.31. The number of aromatic nitrogens is 1. The smallest absolute Gasteiger partial charge is 0.196 e. The lowest BCUT2D eigenvalue weighted by Gasteiger charge is -2.25. The average Bonchev–Trinajstić information content (AvgIpc) is 3.77. The summed E-state index contributed by atoms with van der Waals surface area (Å²) in [5, 5.41) is 9.64. The number of allylic oxidation sites excluding steroid dienone is 2. The summed E-state index contributed by atoms with van der Waals surface area (Å²) in [6.07, 6.45) is 8.43. The van der Waals surface area contributed by atoms with E-state index in [0.29, 0.717) is 0 Å². The van der Waals surface area contributed by atoms with E-state index < -0.39 is 0 Å². The molecular formula is C38H28N4O. The minimum atomic E-state index is -0.210. The maximum Gasteiger partial charge on any atom is 0.196 e. The maximum absolute atomic E-state index is 6.60. The summed E-state index contributed by atoms with van der Waals surface area (Å²) in [5.41, 5.74) is 10.2. The molecule has 3 aliphatic heterocycles. The van der Waals surface area contributed by atoms with Crippen LogP contribution in [0.4, 0.5) is 5.69 Å². The summed E-state index contributed by atoms with van der Waals surface area (Å²) < 4.78 is 8.94. The predicted octanol–water partition coefficient (Wildman–Crippen LogP) is 8.43. The Morgan fingerprint density at radius 1 is 0.628 bits per heavy atom. The number of para-hydroxylation sites is 1. The lowest BCUT2D eigenvalue weighted by atomic mass is 10.0. The number of hydrogen-bond donors (Lipinski definition) is 2. The Labute approximate surface area is 249 Å². The molecule has 2 N–H and O–H groups in total. The van der Waals surface area contributed by atoms with Gasteiger partial charge in [0, 0.05) is 28.4 Å². The molecule has 0 amide bonds. The van der Waals surface area contributed by atoms with Crippen LogP contribution < -0.4 is 15.4 Å². The minimum Gasteiger partial charge on any atom is -0.464 e. The van der Waals surface area contributed by atoms with E-state index in [0.717, 1.165) is 50.4 Å². The van der Waals surface area contributed by atoms with Gasteiger partial charge in [0.25, 0.3) is 0 Å². The first-order valence-electron chi connectivity index (χ1n) is 14.7.